The highest BCUT2D eigenvalue weighted by Gasteiger charge is 2.57. The highest BCUT2D eigenvalue weighted by Crippen LogP contribution is 2.56. The van der Waals surface area contributed by atoms with Crippen LogP contribution in [-0.2, 0) is 17.8 Å². The number of hydrogen-bond donors (Lipinski definition) is 1. The van der Waals surface area contributed by atoms with Crippen LogP contribution < -0.4 is 5.32 Å². The number of carbonyl (C=O) groups excluding carboxylic acids is 1. The molecule has 1 unspecified atom stereocenters. The van der Waals surface area contributed by atoms with Gasteiger partial charge in [0.1, 0.15) is 5.82 Å². The van der Waals surface area contributed by atoms with Crippen LogP contribution in [0.15, 0.2) is 41.1 Å². The molecule has 3 nitrogen and oxygen atoms in total. The Bertz CT molecular complexity index is 740. The standard InChI is InChI=1S/C20H23FN2OS/c21-17-3-1-2-15(10-17)11-19(24)23(13-16-4-9-25-14-16)18-12-20(18)5-7-22-8-6-20/h1-4,9-10,14,18,22H,5-8,11-13H2. The molecule has 1 N–H and O–H groups in total. The molecule has 4 rings (SSSR count). The van der Waals surface area contributed by atoms with Crippen molar-refractivity contribution in [1.82, 2.24) is 10.2 Å². The molecule has 1 aromatic carbocycles. The summed E-state index contributed by atoms with van der Waals surface area (Å²) in [5, 5.41) is 7.58. The SMILES string of the molecule is O=C(Cc1cccc(F)c1)N(Cc1ccsc1)C1CC12CCNCC2. The van der Waals surface area contributed by atoms with E-state index in [2.05, 4.69) is 27.0 Å². The number of thiophene rings is 1. The first-order chi connectivity index (χ1) is 12.2. The van der Waals surface area contributed by atoms with E-state index < -0.39 is 0 Å². The Kier molecular flexibility index (Phi) is 4.61. The Morgan fingerprint density at radius 3 is 2.84 bits per heavy atom. The van der Waals surface area contributed by atoms with Crippen LogP contribution in [0.4, 0.5) is 4.39 Å². The lowest BCUT2D eigenvalue weighted by molar-refractivity contribution is -0.132. The average molecular weight is 358 g/mol. The molecule has 1 aliphatic heterocycles. The van der Waals surface area contributed by atoms with Gasteiger partial charge in [-0.15, -0.1) is 0 Å². The Morgan fingerprint density at radius 1 is 1.28 bits per heavy atom. The molecule has 0 radical (unpaired) electrons. The zero-order valence-corrected chi connectivity index (χ0v) is 15.0. The van der Waals surface area contributed by atoms with Crippen LogP contribution in [0.1, 0.15) is 30.4 Å². The first kappa shape index (κ1) is 16.7. The van der Waals surface area contributed by atoms with Gasteiger partial charge in [0.25, 0.3) is 0 Å². The number of nitrogens with one attached hydrogen (secondary N) is 1. The van der Waals surface area contributed by atoms with Gasteiger partial charge in [-0.3, -0.25) is 4.79 Å². The second-order valence-electron chi connectivity index (χ2n) is 7.29. The first-order valence-corrected chi connectivity index (χ1v) is 9.86. The number of amides is 1. The molecule has 2 fully saturated rings. The summed E-state index contributed by atoms with van der Waals surface area (Å²) in [7, 11) is 0. The van der Waals surface area contributed by atoms with Crippen LogP contribution in [-0.4, -0.2) is 29.9 Å². The summed E-state index contributed by atoms with van der Waals surface area (Å²) in [5.74, 6) is -0.173. The van der Waals surface area contributed by atoms with Crippen molar-refractivity contribution >= 4 is 17.2 Å². The van der Waals surface area contributed by atoms with Crippen molar-refractivity contribution in [1.29, 1.82) is 0 Å². The van der Waals surface area contributed by atoms with Gasteiger partial charge < -0.3 is 10.2 Å². The quantitative estimate of drug-likeness (QED) is 0.886. The lowest BCUT2D eigenvalue weighted by Gasteiger charge is -2.29. The second kappa shape index (κ2) is 6.89. The highest BCUT2D eigenvalue weighted by atomic mass is 32.1. The van der Waals surface area contributed by atoms with Crippen molar-refractivity contribution in [3.8, 4) is 0 Å². The molecule has 2 aromatic rings. The number of hydrogen-bond acceptors (Lipinski definition) is 3. The normalized spacial score (nSPS) is 21.2. The minimum Gasteiger partial charge on any atom is -0.334 e. The van der Waals surface area contributed by atoms with Gasteiger partial charge >= 0.3 is 0 Å². The minimum absolute atomic E-state index is 0.109. The van der Waals surface area contributed by atoms with Crippen LogP contribution in [0.25, 0.3) is 0 Å². The molecule has 2 aliphatic rings. The summed E-state index contributed by atoms with van der Waals surface area (Å²) in [6.45, 7) is 2.75. The number of carbonyl (C=O) groups is 1. The lowest BCUT2D eigenvalue weighted by Crippen LogP contribution is -2.39. The minimum atomic E-state index is -0.282. The van der Waals surface area contributed by atoms with Gasteiger partial charge in [-0.25, -0.2) is 4.39 Å². The maximum atomic E-state index is 13.4. The molecule has 1 aliphatic carbocycles. The van der Waals surface area contributed by atoms with E-state index in [1.165, 1.54) is 17.7 Å². The molecule has 25 heavy (non-hydrogen) atoms. The molecular formula is C20H23FN2OS. The number of piperidine rings is 1. The van der Waals surface area contributed by atoms with Crippen LogP contribution in [0, 0.1) is 11.2 Å². The van der Waals surface area contributed by atoms with E-state index in [0.717, 1.165) is 37.9 Å². The van der Waals surface area contributed by atoms with Crippen molar-refractivity contribution in [2.24, 2.45) is 5.41 Å². The number of benzene rings is 1. The largest absolute Gasteiger partial charge is 0.334 e. The molecule has 2 heterocycles. The third kappa shape index (κ3) is 3.62. The van der Waals surface area contributed by atoms with Gasteiger partial charge in [0.2, 0.25) is 5.91 Å². The first-order valence-electron chi connectivity index (χ1n) is 8.92. The molecule has 1 atom stereocenters. The average Bonchev–Trinajstić information content (AvgIpc) is 3.04. The van der Waals surface area contributed by atoms with Gasteiger partial charge in [-0.05, 0) is 77.9 Å². The van der Waals surface area contributed by atoms with E-state index in [1.807, 2.05) is 6.07 Å². The fourth-order valence-corrected chi connectivity index (χ4v) is 4.76. The molecule has 1 spiro atoms. The van der Waals surface area contributed by atoms with Crippen molar-refractivity contribution in [3.63, 3.8) is 0 Å². The molecule has 1 aromatic heterocycles. The zero-order valence-electron chi connectivity index (χ0n) is 14.2. The summed E-state index contributed by atoms with van der Waals surface area (Å²) < 4.78 is 13.4. The maximum Gasteiger partial charge on any atom is 0.227 e. The molecule has 5 heteroatoms. The molecular weight excluding hydrogens is 335 g/mol. The molecule has 132 valence electrons. The van der Waals surface area contributed by atoms with Gasteiger partial charge in [0.15, 0.2) is 0 Å². The summed E-state index contributed by atoms with van der Waals surface area (Å²) >= 11 is 1.66. The van der Waals surface area contributed by atoms with E-state index in [-0.39, 0.29) is 18.1 Å². The zero-order chi connectivity index (χ0) is 17.3. The second-order valence-corrected chi connectivity index (χ2v) is 8.07. The number of nitrogens with zero attached hydrogens (tertiary/aromatic N) is 1. The van der Waals surface area contributed by atoms with Crippen molar-refractivity contribution in [2.45, 2.75) is 38.3 Å². The predicted molar refractivity (Wildman–Crippen MR) is 97.9 cm³/mol. The number of rotatable bonds is 5. The Balaban J connectivity index is 1.52. The van der Waals surface area contributed by atoms with E-state index in [9.17, 15) is 9.18 Å². The smallest absolute Gasteiger partial charge is 0.227 e. The third-order valence-electron chi connectivity index (χ3n) is 5.62. The van der Waals surface area contributed by atoms with Crippen molar-refractivity contribution in [2.75, 3.05) is 13.1 Å². The summed E-state index contributed by atoms with van der Waals surface area (Å²) in [5.41, 5.74) is 2.24. The fourth-order valence-electron chi connectivity index (χ4n) is 4.10. The Labute approximate surface area is 151 Å². The van der Waals surface area contributed by atoms with Crippen LogP contribution >= 0.6 is 11.3 Å². The van der Waals surface area contributed by atoms with E-state index in [1.54, 1.807) is 17.4 Å². The molecule has 1 amide bonds. The van der Waals surface area contributed by atoms with Crippen LogP contribution in [0.2, 0.25) is 0 Å². The number of halogens is 1. The monoisotopic (exact) mass is 358 g/mol. The highest BCUT2D eigenvalue weighted by molar-refractivity contribution is 7.07. The molecule has 0 bridgehead atoms. The van der Waals surface area contributed by atoms with Gasteiger partial charge in [0.05, 0.1) is 6.42 Å². The van der Waals surface area contributed by atoms with Gasteiger partial charge in [-0.1, -0.05) is 12.1 Å². The van der Waals surface area contributed by atoms with Crippen LogP contribution in [0.5, 0.6) is 0 Å². The van der Waals surface area contributed by atoms with E-state index in [0.29, 0.717) is 18.0 Å². The van der Waals surface area contributed by atoms with Crippen molar-refractivity contribution in [3.05, 3.63) is 58.0 Å². The topological polar surface area (TPSA) is 32.3 Å². The fraction of sp³-hybridized carbons (Fsp3) is 0.450. The van der Waals surface area contributed by atoms with Crippen LogP contribution in [0.3, 0.4) is 0 Å². The summed E-state index contributed by atoms with van der Waals surface area (Å²) in [4.78, 5) is 15.1. The maximum absolute atomic E-state index is 13.4. The third-order valence-corrected chi connectivity index (χ3v) is 6.35. The van der Waals surface area contributed by atoms with E-state index in [4.69, 9.17) is 0 Å². The van der Waals surface area contributed by atoms with Crippen molar-refractivity contribution < 1.29 is 9.18 Å². The Hall–Kier alpha value is -1.72. The predicted octanol–water partition coefficient (Wildman–Crippen LogP) is 3.60. The molecule has 1 saturated carbocycles. The van der Waals surface area contributed by atoms with Gasteiger partial charge in [-0.2, -0.15) is 11.3 Å². The molecule has 1 saturated heterocycles. The summed E-state index contributed by atoms with van der Waals surface area (Å²) in [6, 6.07) is 8.81. The van der Waals surface area contributed by atoms with Gasteiger partial charge in [0, 0.05) is 12.6 Å². The lowest BCUT2D eigenvalue weighted by atomic mass is 9.93. The van der Waals surface area contributed by atoms with E-state index >= 15 is 0 Å². The summed E-state index contributed by atoms with van der Waals surface area (Å²) in [6.07, 6.45) is 3.66. The Morgan fingerprint density at radius 2 is 2.12 bits per heavy atom.